The van der Waals surface area contributed by atoms with Crippen molar-refractivity contribution >= 4 is 23.7 Å². The summed E-state index contributed by atoms with van der Waals surface area (Å²) < 4.78 is 2.21. The summed E-state index contributed by atoms with van der Waals surface area (Å²) in [7, 11) is 0. The largest absolute Gasteiger partial charge is 0.318 e. The Morgan fingerprint density at radius 3 is 2.56 bits per heavy atom. The minimum Gasteiger partial charge on any atom is -0.318 e. The Hall–Kier alpha value is -2.85. The number of aromatic nitrogens is 1. The first-order valence-electron chi connectivity index (χ1n) is 8.73. The van der Waals surface area contributed by atoms with Crippen LogP contribution in [0.1, 0.15) is 38.4 Å². The van der Waals surface area contributed by atoms with E-state index in [1.165, 1.54) is 11.1 Å². The normalized spacial score (nSPS) is 11.1. The summed E-state index contributed by atoms with van der Waals surface area (Å²) in [5.41, 5.74) is 9.83. The van der Waals surface area contributed by atoms with Crippen molar-refractivity contribution in [3.8, 4) is 5.69 Å². The van der Waals surface area contributed by atoms with E-state index in [1.807, 2.05) is 0 Å². The lowest BCUT2D eigenvalue weighted by Gasteiger charge is -2.14. The van der Waals surface area contributed by atoms with Gasteiger partial charge >= 0.3 is 0 Å². The van der Waals surface area contributed by atoms with E-state index in [-0.39, 0.29) is 5.91 Å². The van der Waals surface area contributed by atoms with Crippen molar-refractivity contribution in [2.45, 2.75) is 27.7 Å². The summed E-state index contributed by atoms with van der Waals surface area (Å²) >= 11 is 5.92. The summed E-state index contributed by atoms with van der Waals surface area (Å²) in [4.78, 5) is 12.2. The van der Waals surface area contributed by atoms with Crippen LogP contribution in [0.15, 0.2) is 53.6 Å². The second-order valence-corrected chi connectivity index (χ2v) is 7.03. The summed E-state index contributed by atoms with van der Waals surface area (Å²) in [6.45, 7) is 8.36. The predicted molar refractivity (Wildman–Crippen MR) is 111 cm³/mol. The van der Waals surface area contributed by atoms with Crippen LogP contribution in [-0.4, -0.2) is 16.7 Å². The number of hydrazone groups is 1. The van der Waals surface area contributed by atoms with Crippen LogP contribution in [0.25, 0.3) is 5.69 Å². The molecule has 4 nitrogen and oxygen atoms in total. The third-order valence-corrected chi connectivity index (χ3v) is 4.98. The first-order chi connectivity index (χ1) is 12.9. The van der Waals surface area contributed by atoms with Gasteiger partial charge in [0.15, 0.2) is 0 Å². The molecule has 138 valence electrons. The Morgan fingerprint density at radius 2 is 1.81 bits per heavy atom. The fraction of sp³-hybridized carbons (Fsp3) is 0.182. The van der Waals surface area contributed by atoms with Crippen molar-refractivity contribution in [2.24, 2.45) is 5.10 Å². The zero-order chi connectivity index (χ0) is 19.6. The second-order valence-electron chi connectivity index (χ2n) is 6.59. The topological polar surface area (TPSA) is 46.4 Å². The number of carbonyl (C=O) groups is 1. The molecule has 1 N–H and O–H groups in total. The molecule has 0 bridgehead atoms. The third-order valence-electron chi connectivity index (χ3n) is 4.74. The first kappa shape index (κ1) is 18.9. The van der Waals surface area contributed by atoms with Crippen molar-refractivity contribution in [2.75, 3.05) is 0 Å². The number of aryl methyl sites for hydroxylation is 2. The number of hydrogen-bond donors (Lipinski definition) is 1. The number of nitrogens with zero attached hydrogens (tertiary/aromatic N) is 2. The number of amides is 1. The SMILES string of the molecule is Cc1cccc(-n2c(C)cc(/C=N\NC(=O)c3cccc(Cl)c3)c2C)c1C. The summed E-state index contributed by atoms with van der Waals surface area (Å²) in [6, 6.07) is 15.1. The Kier molecular flexibility index (Phi) is 5.47. The summed E-state index contributed by atoms with van der Waals surface area (Å²) in [5, 5.41) is 4.63. The lowest BCUT2D eigenvalue weighted by atomic mass is 10.1. The summed E-state index contributed by atoms with van der Waals surface area (Å²) in [5.74, 6) is -0.294. The maximum absolute atomic E-state index is 12.2. The highest BCUT2D eigenvalue weighted by Crippen LogP contribution is 2.24. The summed E-state index contributed by atoms with van der Waals surface area (Å²) in [6.07, 6.45) is 1.67. The van der Waals surface area contributed by atoms with E-state index in [0.29, 0.717) is 10.6 Å². The van der Waals surface area contributed by atoms with Crippen LogP contribution in [0, 0.1) is 27.7 Å². The first-order valence-corrected chi connectivity index (χ1v) is 9.11. The molecule has 0 saturated carbocycles. The van der Waals surface area contributed by atoms with E-state index in [1.54, 1.807) is 30.5 Å². The quantitative estimate of drug-likeness (QED) is 0.495. The Labute approximate surface area is 164 Å². The zero-order valence-corrected chi connectivity index (χ0v) is 16.6. The van der Waals surface area contributed by atoms with E-state index < -0.39 is 0 Å². The predicted octanol–water partition coefficient (Wildman–Crippen LogP) is 5.13. The molecule has 0 atom stereocenters. The molecule has 0 aliphatic heterocycles. The van der Waals surface area contributed by atoms with Gasteiger partial charge in [-0.2, -0.15) is 5.10 Å². The van der Waals surface area contributed by atoms with Gasteiger partial charge in [0.25, 0.3) is 5.91 Å². The molecule has 0 fully saturated rings. The average molecular weight is 380 g/mol. The molecule has 3 rings (SSSR count). The highest BCUT2D eigenvalue weighted by atomic mass is 35.5. The maximum Gasteiger partial charge on any atom is 0.271 e. The van der Waals surface area contributed by atoms with E-state index >= 15 is 0 Å². The van der Waals surface area contributed by atoms with Gasteiger partial charge in [0, 0.05) is 33.2 Å². The highest BCUT2D eigenvalue weighted by Gasteiger charge is 2.12. The molecule has 1 amide bonds. The van der Waals surface area contributed by atoms with Crippen LogP contribution in [0.4, 0.5) is 0 Å². The minimum absolute atomic E-state index is 0.294. The van der Waals surface area contributed by atoms with Crippen molar-refractivity contribution in [1.29, 1.82) is 0 Å². The Balaban J connectivity index is 1.83. The fourth-order valence-corrected chi connectivity index (χ4v) is 3.31. The molecule has 27 heavy (non-hydrogen) atoms. The molecule has 3 aromatic rings. The number of halogens is 1. The van der Waals surface area contributed by atoms with Gasteiger partial charge in [-0.1, -0.05) is 29.8 Å². The maximum atomic E-state index is 12.2. The van der Waals surface area contributed by atoms with Gasteiger partial charge in [-0.3, -0.25) is 4.79 Å². The van der Waals surface area contributed by atoms with Crippen molar-refractivity contribution in [1.82, 2.24) is 9.99 Å². The number of nitrogens with one attached hydrogen (secondary N) is 1. The van der Waals surface area contributed by atoms with Gasteiger partial charge in [-0.05, 0) is 69.2 Å². The number of benzene rings is 2. The van der Waals surface area contributed by atoms with E-state index in [0.717, 1.165) is 22.6 Å². The average Bonchev–Trinajstić information content (AvgIpc) is 2.91. The fourth-order valence-electron chi connectivity index (χ4n) is 3.12. The highest BCUT2D eigenvalue weighted by molar-refractivity contribution is 6.30. The van der Waals surface area contributed by atoms with Gasteiger partial charge in [-0.15, -0.1) is 0 Å². The Bertz CT molecular complexity index is 1030. The number of rotatable bonds is 4. The van der Waals surface area contributed by atoms with Gasteiger partial charge in [-0.25, -0.2) is 5.43 Å². The number of hydrogen-bond acceptors (Lipinski definition) is 2. The van der Waals surface area contributed by atoms with Crippen LogP contribution >= 0.6 is 11.6 Å². The molecule has 2 aromatic carbocycles. The van der Waals surface area contributed by atoms with Crippen LogP contribution in [-0.2, 0) is 0 Å². The van der Waals surface area contributed by atoms with E-state index in [4.69, 9.17) is 11.6 Å². The molecule has 0 spiro atoms. The van der Waals surface area contributed by atoms with Crippen molar-refractivity contribution in [3.05, 3.63) is 87.2 Å². The third kappa shape index (κ3) is 3.96. The van der Waals surface area contributed by atoms with Gasteiger partial charge in [0.2, 0.25) is 0 Å². The van der Waals surface area contributed by atoms with E-state index in [2.05, 4.69) is 67.1 Å². The molecule has 0 radical (unpaired) electrons. The van der Waals surface area contributed by atoms with Gasteiger partial charge < -0.3 is 4.57 Å². The van der Waals surface area contributed by atoms with Crippen LogP contribution < -0.4 is 5.43 Å². The van der Waals surface area contributed by atoms with Crippen LogP contribution in [0.3, 0.4) is 0 Å². The number of carbonyl (C=O) groups excluding carboxylic acids is 1. The van der Waals surface area contributed by atoms with Gasteiger partial charge in [0.1, 0.15) is 0 Å². The zero-order valence-electron chi connectivity index (χ0n) is 15.9. The van der Waals surface area contributed by atoms with Gasteiger partial charge in [0.05, 0.1) is 6.21 Å². The van der Waals surface area contributed by atoms with Crippen LogP contribution in [0.5, 0.6) is 0 Å². The van der Waals surface area contributed by atoms with E-state index in [9.17, 15) is 4.79 Å². The molecule has 0 saturated heterocycles. The smallest absolute Gasteiger partial charge is 0.271 e. The molecule has 0 aliphatic rings. The van der Waals surface area contributed by atoms with Crippen LogP contribution in [0.2, 0.25) is 5.02 Å². The monoisotopic (exact) mass is 379 g/mol. The van der Waals surface area contributed by atoms with Crippen molar-refractivity contribution < 1.29 is 4.79 Å². The molecule has 1 aromatic heterocycles. The van der Waals surface area contributed by atoms with Crippen molar-refractivity contribution in [3.63, 3.8) is 0 Å². The Morgan fingerprint density at radius 1 is 1.07 bits per heavy atom. The second kappa shape index (κ2) is 7.80. The lowest BCUT2D eigenvalue weighted by Crippen LogP contribution is -2.17. The lowest BCUT2D eigenvalue weighted by molar-refractivity contribution is 0.0955. The molecular formula is C22H22ClN3O. The molecule has 1 heterocycles. The molecule has 5 heteroatoms. The molecule has 0 aliphatic carbocycles. The minimum atomic E-state index is -0.294. The molecular weight excluding hydrogens is 358 g/mol. The standard InChI is InChI=1S/C22H22ClN3O/c1-14-7-5-10-21(16(14)3)26-15(2)11-19(17(26)4)13-24-25-22(27)18-8-6-9-20(23)12-18/h5-13H,1-4H3,(H,25,27)/b24-13-. The molecule has 0 unspecified atom stereocenters.